The lowest BCUT2D eigenvalue weighted by Gasteiger charge is -2.04. The number of halogens is 1. The van der Waals surface area contributed by atoms with Crippen LogP contribution in [-0.4, -0.2) is 9.13 Å². The van der Waals surface area contributed by atoms with Gasteiger partial charge in [0.05, 0.1) is 17.3 Å². The molecule has 0 spiro atoms. The monoisotopic (exact) mass is 251 g/mol. The van der Waals surface area contributed by atoms with Crippen LogP contribution >= 0.6 is 11.6 Å². The highest BCUT2D eigenvalue weighted by molar-refractivity contribution is 6.33. The fourth-order valence-electron chi connectivity index (χ4n) is 1.70. The molecule has 2 rings (SSSR count). The van der Waals surface area contributed by atoms with Gasteiger partial charge in [0.2, 0.25) is 0 Å². The van der Waals surface area contributed by atoms with Gasteiger partial charge in [-0.3, -0.25) is 9.13 Å². The molecule has 2 aromatic rings. The van der Waals surface area contributed by atoms with Gasteiger partial charge in [0.15, 0.2) is 0 Å². The van der Waals surface area contributed by atoms with Crippen LogP contribution in [0.25, 0.3) is 0 Å². The summed E-state index contributed by atoms with van der Waals surface area (Å²) in [5.41, 5.74) is 7.20. The number of rotatable bonds is 3. The minimum absolute atomic E-state index is 0.0129. The SMILES string of the molecule is CCn1ccn(Cc2ccc(Cl)c(N)c2)c1=O. The molecule has 0 radical (unpaired) electrons. The molecule has 0 bridgehead atoms. The topological polar surface area (TPSA) is 52.9 Å². The Balaban J connectivity index is 2.28. The van der Waals surface area contributed by atoms with Crippen molar-refractivity contribution in [3.05, 3.63) is 51.7 Å². The van der Waals surface area contributed by atoms with Crippen LogP contribution in [0.4, 0.5) is 5.69 Å². The van der Waals surface area contributed by atoms with E-state index in [1.807, 2.05) is 13.0 Å². The van der Waals surface area contributed by atoms with Gasteiger partial charge in [-0.05, 0) is 24.6 Å². The Morgan fingerprint density at radius 2 is 2.00 bits per heavy atom. The average molecular weight is 252 g/mol. The summed E-state index contributed by atoms with van der Waals surface area (Å²) in [5, 5.41) is 0.534. The molecule has 0 amide bonds. The Hall–Kier alpha value is -1.68. The van der Waals surface area contributed by atoms with Crippen LogP contribution in [0.15, 0.2) is 35.4 Å². The van der Waals surface area contributed by atoms with Crippen molar-refractivity contribution >= 4 is 17.3 Å². The van der Waals surface area contributed by atoms with Crippen molar-refractivity contribution in [3.63, 3.8) is 0 Å². The molecule has 0 aliphatic rings. The summed E-state index contributed by atoms with van der Waals surface area (Å²) in [6, 6.07) is 5.40. The maximum absolute atomic E-state index is 11.8. The first-order chi connectivity index (χ1) is 8.11. The summed E-state index contributed by atoms with van der Waals surface area (Å²) in [6.45, 7) is 3.12. The quantitative estimate of drug-likeness (QED) is 0.848. The lowest BCUT2D eigenvalue weighted by molar-refractivity contribution is 0.668. The third-order valence-corrected chi connectivity index (χ3v) is 3.02. The zero-order valence-corrected chi connectivity index (χ0v) is 10.3. The number of imidazole rings is 1. The summed E-state index contributed by atoms with van der Waals surface area (Å²) >= 11 is 5.84. The Morgan fingerprint density at radius 1 is 1.29 bits per heavy atom. The molecule has 0 fully saturated rings. The second-order valence-electron chi connectivity index (χ2n) is 3.85. The molecule has 5 heteroatoms. The Labute approximate surface area is 104 Å². The number of hydrogen-bond acceptors (Lipinski definition) is 2. The second-order valence-corrected chi connectivity index (χ2v) is 4.26. The van der Waals surface area contributed by atoms with Crippen LogP contribution in [0, 0.1) is 0 Å². The fourth-order valence-corrected chi connectivity index (χ4v) is 1.82. The van der Waals surface area contributed by atoms with Gasteiger partial charge in [0.1, 0.15) is 0 Å². The minimum atomic E-state index is -0.0129. The van der Waals surface area contributed by atoms with Crippen LogP contribution in [-0.2, 0) is 13.1 Å². The number of benzene rings is 1. The molecule has 0 saturated carbocycles. The molecule has 1 aromatic heterocycles. The minimum Gasteiger partial charge on any atom is -0.398 e. The van der Waals surface area contributed by atoms with Crippen LogP contribution in [0.2, 0.25) is 5.02 Å². The van der Waals surface area contributed by atoms with Crippen LogP contribution in [0.3, 0.4) is 0 Å². The lowest BCUT2D eigenvalue weighted by atomic mass is 10.2. The normalized spacial score (nSPS) is 10.7. The van der Waals surface area contributed by atoms with Gasteiger partial charge in [0.25, 0.3) is 0 Å². The first-order valence-electron chi connectivity index (χ1n) is 5.41. The molecule has 0 aliphatic heterocycles. The van der Waals surface area contributed by atoms with Gasteiger partial charge < -0.3 is 5.73 Å². The second kappa shape index (κ2) is 4.67. The van der Waals surface area contributed by atoms with Gasteiger partial charge in [-0.15, -0.1) is 0 Å². The predicted octanol–water partition coefficient (Wildman–Crippen LogP) is 1.95. The highest BCUT2D eigenvalue weighted by atomic mass is 35.5. The molecular formula is C12H14ClN3O. The van der Waals surface area contributed by atoms with E-state index in [0.717, 1.165) is 5.56 Å². The lowest BCUT2D eigenvalue weighted by Crippen LogP contribution is -2.23. The molecule has 0 atom stereocenters. The zero-order valence-electron chi connectivity index (χ0n) is 9.56. The number of anilines is 1. The Kier molecular flexibility index (Phi) is 3.24. The largest absolute Gasteiger partial charge is 0.398 e. The van der Waals surface area contributed by atoms with Crippen molar-refractivity contribution in [2.24, 2.45) is 0 Å². The van der Waals surface area contributed by atoms with E-state index in [0.29, 0.717) is 23.8 Å². The molecule has 0 saturated heterocycles. The van der Waals surface area contributed by atoms with Crippen molar-refractivity contribution in [2.45, 2.75) is 20.0 Å². The molecule has 2 N–H and O–H groups in total. The highest BCUT2D eigenvalue weighted by Gasteiger charge is 2.04. The van der Waals surface area contributed by atoms with Gasteiger partial charge in [-0.1, -0.05) is 17.7 Å². The van der Waals surface area contributed by atoms with E-state index in [1.165, 1.54) is 0 Å². The molecule has 1 aromatic carbocycles. The van der Waals surface area contributed by atoms with Crippen molar-refractivity contribution in [2.75, 3.05) is 5.73 Å². The molecule has 0 aliphatic carbocycles. The smallest absolute Gasteiger partial charge is 0.328 e. The molecule has 90 valence electrons. The van der Waals surface area contributed by atoms with Crippen LogP contribution < -0.4 is 11.4 Å². The summed E-state index contributed by atoms with van der Waals surface area (Å²) in [4.78, 5) is 11.8. The molecule has 4 nitrogen and oxygen atoms in total. The van der Waals surface area contributed by atoms with Crippen LogP contribution in [0.1, 0.15) is 12.5 Å². The number of aromatic nitrogens is 2. The van der Waals surface area contributed by atoms with Crippen molar-refractivity contribution in [1.82, 2.24) is 9.13 Å². The van der Waals surface area contributed by atoms with E-state index in [1.54, 1.807) is 33.7 Å². The maximum Gasteiger partial charge on any atom is 0.328 e. The van der Waals surface area contributed by atoms with Gasteiger partial charge in [-0.25, -0.2) is 4.79 Å². The molecular weight excluding hydrogens is 238 g/mol. The molecule has 17 heavy (non-hydrogen) atoms. The summed E-state index contributed by atoms with van der Waals surface area (Å²) in [7, 11) is 0. The molecule has 0 unspecified atom stereocenters. The third-order valence-electron chi connectivity index (χ3n) is 2.67. The van der Waals surface area contributed by atoms with E-state index < -0.39 is 0 Å². The van der Waals surface area contributed by atoms with Gasteiger partial charge in [-0.2, -0.15) is 0 Å². The van der Waals surface area contributed by atoms with E-state index in [-0.39, 0.29) is 5.69 Å². The number of aryl methyl sites for hydroxylation is 1. The van der Waals surface area contributed by atoms with E-state index >= 15 is 0 Å². The zero-order chi connectivity index (χ0) is 12.4. The number of hydrogen-bond donors (Lipinski definition) is 1. The van der Waals surface area contributed by atoms with E-state index in [9.17, 15) is 4.79 Å². The van der Waals surface area contributed by atoms with E-state index in [2.05, 4.69) is 0 Å². The maximum atomic E-state index is 11.8. The van der Waals surface area contributed by atoms with Gasteiger partial charge >= 0.3 is 5.69 Å². The number of nitrogens with two attached hydrogens (primary N) is 1. The number of nitrogen functional groups attached to an aromatic ring is 1. The Morgan fingerprint density at radius 3 is 2.59 bits per heavy atom. The van der Waals surface area contributed by atoms with E-state index in [4.69, 9.17) is 17.3 Å². The average Bonchev–Trinajstić information content (AvgIpc) is 2.65. The van der Waals surface area contributed by atoms with Crippen molar-refractivity contribution in [1.29, 1.82) is 0 Å². The van der Waals surface area contributed by atoms with Crippen molar-refractivity contribution in [3.8, 4) is 0 Å². The predicted molar refractivity (Wildman–Crippen MR) is 69.3 cm³/mol. The summed E-state index contributed by atoms with van der Waals surface area (Å²) in [6.07, 6.45) is 3.55. The standard InChI is InChI=1S/C12H14ClN3O/c1-2-15-5-6-16(12(15)17)8-9-3-4-10(13)11(14)7-9/h3-7H,2,8,14H2,1H3. The summed E-state index contributed by atoms with van der Waals surface area (Å²) < 4.78 is 3.30. The third kappa shape index (κ3) is 2.36. The summed E-state index contributed by atoms with van der Waals surface area (Å²) in [5.74, 6) is 0. The Bertz CT molecular complexity index is 586. The number of nitrogens with zero attached hydrogens (tertiary/aromatic N) is 2. The van der Waals surface area contributed by atoms with Gasteiger partial charge in [0, 0.05) is 18.9 Å². The first-order valence-corrected chi connectivity index (χ1v) is 5.79. The first kappa shape index (κ1) is 11.8. The molecule has 1 heterocycles. The highest BCUT2D eigenvalue weighted by Crippen LogP contribution is 2.19. The fraction of sp³-hybridized carbons (Fsp3) is 0.250. The van der Waals surface area contributed by atoms with Crippen molar-refractivity contribution < 1.29 is 0 Å². The van der Waals surface area contributed by atoms with Crippen LogP contribution in [0.5, 0.6) is 0 Å².